The maximum atomic E-state index is 6.12. The molecule has 24 heavy (non-hydrogen) atoms. The number of rotatable bonds is 0. The molecule has 2 N–H and O–H groups in total. The van der Waals surface area contributed by atoms with Crippen molar-refractivity contribution in [3.05, 3.63) is 65.5 Å². The van der Waals surface area contributed by atoms with Crippen LogP contribution in [0.15, 0.2) is 48.8 Å². The number of fused-ring (bicyclic) bond motifs is 5. The first kappa shape index (κ1) is 13.6. The average molecular weight is 313 g/mol. The molecular weight excluding hydrogens is 294 g/mol. The monoisotopic (exact) mass is 313 g/mol. The summed E-state index contributed by atoms with van der Waals surface area (Å²) in [6, 6.07) is 13.0. The van der Waals surface area contributed by atoms with Crippen molar-refractivity contribution in [3.8, 4) is 5.69 Å². The summed E-state index contributed by atoms with van der Waals surface area (Å²) in [6.07, 6.45) is 3.85. The van der Waals surface area contributed by atoms with Gasteiger partial charge in [-0.2, -0.15) is 0 Å². The van der Waals surface area contributed by atoms with E-state index in [2.05, 4.69) is 60.7 Å². The first-order chi connectivity index (χ1) is 11.5. The van der Waals surface area contributed by atoms with Crippen molar-refractivity contribution in [2.45, 2.75) is 26.2 Å². The highest BCUT2D eigenvalue weighted by atomic mass is 15.0. The fourth-order valence-electron chi connectivity index (χ4n) is 4.26. The van der Waals surface area contributed by atoms with Crippen molar-refractivity contribution in [2.75, 3.05) is 5.73 Å². The molecule has 0 bridgehead atoms. The van der Waals surface area contributed by atoms with Gasteiger partial charge in [0.1, 0.15) is 0 Å². The van der Waals surface area contributed by atoms with Crippen LogP contribution in [0.3, 0.4) is 0 Å². The quantitative estimate of drug-likeness (QED) is 0.478. The van der Waals surface area contributed by atoms with Gasteiger partial charge in [-0.3, -0.25) is 4.98 Å². The first-order valence-corrected chi connectivity index (χ1v) is 8.28. The number of nitrogen functional groups attached to an aromatic ring is 1. The molecule has 1 aliphatic rings. The topological polar surface area (TPSA) is 43.8 Å². The third-order valence-corrected chi connectivity index (χ3v) is 5.42. The van der Waals surface area contributed by atoms with E-state index < -0.39 is 0 Å². The number of nitrogens with zero attached hydrogens (tertiary/aromatic N) is 2. The van der Waals surface area contributed by atoms with Crippen LogP contribution in [0.1, 0.15) is 30.5 Å². The second-order valence-corrected chi connectivity index (χ2v) is 7.34. The molecule has 0 atom stereocenters. The summed E-state index contributed by atoms with van der Waals surface area (Å²) >= 11 is 0. The van der Waals surface area contributed by atoms with E-state index in [9.17, 15) is 0 Å². The van der Waals surface area contributed by atoms with Gasteiger partial charge < -0.3 is 10.3 Å². The maximum absolute atomic E-state index is 6.12. The van der Waals surface area contributed by atoms with Crippen LogP contribution in [-0.4, -0.2) is 9.55 Å². The molecule has 3 nitrogen and oxygen atoms in total. The third kappa shape index (κ3) is 1.49. The standard InChI is InChI=1S/C21H19N3/c1-12-8-14-15-11-23-7-6-18(15)24-19-5-4-13(22)10-16(19)21(2,3)17(9-12)20(14)24/h4-11H,22H2,1-3H3. The minimum absolute atomic E-state index is 0.0905. The molecule has 2 aromatic carbocycles. The Kier molecular flexibility index (Phi) is 2.37. The Morgan fingerprint density at radius 3 is 2.67 bits per heavy atom. The molecule has 2 aromatic heterocycles. The Bertz CT molecular complexity index is 1150. The van der Waals surface area contributed by atoms with Gasteiger partial charge in [-0.1, -0.05) is 25.5 Å². The molecule has 3 heteroatoms. The predicted molar refractivity (Wildman–Crippen MR) is 99.9 cm³/mol. The van der Waals surface area contributed by atoms with Crippen LogP contribution in [0.2, 0.25) is 0 Å². The number of benzene rings is 2. The Morgan fingerprint density at radius 2 is 1.83 bits per heavy atom. The van der Waals surface area contributed by atoms with Gasteiger partial charge in [0.25, 0.3) is 0 Å². The number of aromatic nitrogens is 2. The normalized spacial score (nSPS) is 15.0. The molecule has 0 radical (unpaired) electrons. The van der Waals surface area contributed by atoms with Gasteiger partial charge in [0.2, 0.25) is 0 Å². The molecule has 0 amide bonds. The minimum Gasteiger partial charge on any atom is -0.399 e. The molecule has 5 rings (SSSR count). The second kappa shape index (κ2) is 4.18. The zero-order valence-electron chi connectivity index (χ0n) is 14.1. The van der Waals surface area contributed by atoms with Crippen LogP contribution >= 0.6 is 0 Å². The number of aryl methyl sites for hydroxylation is 1. The third-order valence-electron chi connectivity index (χ3n) is 5.42. The van der Waals surface area contributed by atoms with Crippen molar-refractivity contribution in [1.82, 2.24) is 9.55 Å². The van der Waals surface area contributed by atoms with Gasteiger partial charge in [0.15, 0.2) is 0 Å². The minimum atomic E-state index is -0.0905. The van der Waals surface area contributed by atoms with Crippen molar-refractivity contribution in [3.63, 3.8) is 0 Å². The van der Waals surface area contributed by atoms with Crippen molar-refractivity contribution in [2.24, 2.45) is 0 Å². The molecule has 0 saturated heterocycles. The Labute approximate surface area is 140 Å². The van der Waals surface area contributed by atoms with Crippen molar-refractivity contribution < 1.29 is 0 Å². The summed E-state index contributed by atoms with van der Waals surface area (Å²) < 4.78 is 2.38. The van der Waals surface area contributed by atoms with Crippen molar-refractivity contribution in [1.29, 1.82) is 0 Å². The van der Waals surface area contributed by atoms with Gasteiger partial charge in [-0.05, 0) is 48.4 Å². The lowest BCUT2D eigenvalue weighted by Gasteiger charge is -2.35. The number of nitrogens with two attached hydrogens (primary N) is 1. The summed E-state index contributed by atoms with van der Waals surface area (Å²) in [7, 11) is 0. The van der Waals surface area contributed by atoms with Crippen LogP contribution in [0.25, 0.3) is 27.5 Å². The van der Waals surface area contributed by atoms with E-state index in [-0.39, 0.29) is 5.41 Å². The van der Waals surface area contributed by atoms with E-state index in [0.29, 0.717) is 0 Å². The average Bonchev–Trinajstić information content (AvgIpc) is 2.88. The number of hydrogen-bond acceptors (Lipinski definition) is 2. The Balaban J connectivity index is 2.13. The fourth-order valence-corrected chi connectivity index (χ4v) is 4.26. The fraction of sp³-hybridized carbons (Fsp3) is 0.190. The van der Waals surface area contributed by atoms with Crippen LogP contribution in [0.5, 0.6) is 0 Å². The highest BCUT2D eigenvalue weighted by Crippen LogP contribution is 2.48. The molecule has 4 aromatic rings. The second-order valence-electron chi connectivity index (χ2n) is 7.34. The molecule has 0 fully saturated rings. The lowest BCUT2D eigenvalue weighted by atomic mass is 9.74. The van der Waals surface area contributed by atoms with E-state index in [0.717, 1.165) is 5.69 Å². The highest BCUT2D eigenvalue weighted by Gasteiger charge is 2.35. The number of pyridine rings is 1. The van der Waals surface area contributed by atoms with Crippen LogP contribution in [0, 0.1) is 6.92 Å². The molecule has 0 aliphatic carbocycles. The van der Waals surface area contributed by atoms with Gasteiger partial charge >= 0.3 is 0 Å². The van der Waals surface area contributed by atoms with Gasteiger partial charge in [-0.25, -0.2) is 0 Å². The van der Waals surface area contributed by atoms with Crippen LogP contribution < -0.4 is 5.73 Å². The summed E-state index contributed by atoms with van der Waals surface area (Å²) in [5.41, 5.74) is 14.5. The molecule has 1 aliphatic heterocycles. The molecule has 3 heterocycles. The van der Waals surface area contributed by atoms with E-state index >= 15 is 0 Å². The molecular formula is C21H19N3. The Morgan fingerprint density at radius 1 is 1.00 bits per heavy atom. The van der Waals surface area contributed by atoms with E-state index in [4.69, 9.17) is 5.73 Å². The number of hydrogen-bond donors (Lipinski definition) is 1. The summed E-state index contributed by atoms with van der Waals surface area (Å²) in [5, 5.41) is 2.49. The lowest BCUT2D eigenvalue weighted by Crippen LogP contribution is -2.26. The predicted octanol–water partition coefficient (Wildman–Crippen LogP) is 4.71. The summed E-state index contributed by atoms with van der Waals surface area (Å²) in [4.78, 5) is 4.36. The van der Waals surface area contributed by atoms with Gasteiger partial charge in [0.05, 0.1) is 16.7 Å². The van der Waals surface area contributed by atoms with Crippen LogP contribution in [-0.2, 0) is 5.41 Å². The summed E-state index contributed by atoms with van der Waals surface area (Å²) in [5.74, 6) is 0. The largest absolute Gasteiger partial charge is 0.399 e. The number of anilines is 1. The highest BCUT2D eigenvalue weighted by molar-refractivity contribution is 6.11. The smallest absolute Gasteiger partial charge is 0.0582 e. The molecule has 118 valence electrons. The zero-order chi connectivity index (χ0) is 16.6. The van der Waals surface area contributed by atoms with Crippen molar-refractivity contribution >= 4 is 27.5 Å². The lowest BCUT2D eigenvalue weighted by molar-refractivity contribution is 0.630. The molecule has 0 unspecified atom stereocenters. The van der Waals surface area contributed by atoms with Gasteiger partial charge in [-0.15, -0.1) is 0 Å². The zero-order valence-corrected chi connectivity index (χ0v) is 14.1. The van der Waals surface area contributed by atoms with E-state index in [1.807, 2.05) is 18.5 Å². The Hall–Kier alpha value is -2.81. The molecule has 0 saturated carbocycles. The first-order valence-electron chi connectivity index (χ1n) is 8.28. The van der Waals surface area contributed by atoms with E-state index in [1.54, 1.807) is 0 Å². The van der Waals surface area contributed by atoms with E-state index in [1.165, 1.54) is 44.2 Å². The maximum Gasteiger partial charge on any atom is 0.0582 e. The van der Waals surface area contributed by atoms with Gasteiger partial charge in [0, 0.05) is 34.3 Å². The molecule has 0 spiro atoms. The SMILES string of the molecule is Cc1cc2c3c(c1)c1cnccc1n3-c1ccc(N)cc1C2(C)C. The summed E-state index contributed by atoms with van der Waals surface area (Å²) in [6.45, 7) is 6.75. The van der Waals surface area contributed by atoms with Crippen LogP contribution in [0.4, 0.5) is 5.69 Å².